The van der Waals surface area contributed by atoms with E-state index < -0.39 is 30.4 Å². The van der Waals surface area contributed by atoms with Crippen LogP contribution in [0.25, 0.3) is 0 Å². The van der Waals surface area contributed by atoms with Gasteiger partial charge < -0.3 is 15.0 Å². The Kier molecular flexibility index (Phi) is 6.16. The maximum Gasteiger partial charge on any atom is 0.321 e. The Hall–Kier alpha value is -2.12. The van der Waals surface area contributed by atoms with Gasteiger partial charge in [0.15, 0.2) is 6.61 Å². The van der Waals surface area contributed by atoms with Gasteiger partial charge in [-0.25, -0.2) is 4.79 Å². The van der Waals surface area contributed by atoms with Crippen LogP contribution >= 0.6 is 0 Å². The van der Waals surface area contributed by atoms with Crippen molar-refractivity contribution in [3.63, 3.8) is 0 Å². The molecule has 0 aromatic carbocycles. The monoisotopic (exact) mass is 339 g/mol. The molecule has 0 bridgehead atoms. The molecule has 0 aromatic rings. The van der Waals surface area contributed by atoms with E-state index in [9.17, 15) is 19.2 Å². The summed E-state index contributed by atoms with van der Waals surface area (Å²) in [5.74, 6) is -1.82. The number of carbonyl (C=O) groups excluding carboxylic acids is 4. The molecule has 2 rings (SSSR count). The minimum absolute atomic E-state index is 0.0235. The summed E-state index contributed by atoms with van der Waals surface area (Å²) in [6, 6.07) is -0.501. The Morgan fingerprint density at radius 1 is 1.25 bits per heavy atom. The zero-order chi connectivity index (χ0) is 17.7. The van der Waals surface area contributed by atoms with Crippen LogP contribution in [-0.2, 0) is 19.1 Å². The van der Waals surface area contributed by atoms with Crippen molar-refractivity contribution < 1.29 is 23.9 Å². The van der Waals surface area contributed by atoms with Crippen LogP contribution in [0.4, 0.5) is 4.79 Å². The number of nitrogens with zero attached hydrogens (tertiary/aromatic N) is 1. The van der Waals surface area contributed by atoms with E-state index in [-0.39, 0.29) is 24.4 Å². The molecule has 1 heterocycles. The van der Waals surface area contributed by atoms with Crippen molar-refractivity contribution in [2.24, 2.45) is 5.92 Å². The number of hydrogen-bond donors (Lipinski definition) is 2. The zero-order valence-electron chi connectivity index (χ0n) is 14.2. The number of hydrogen-bond acceptors (Lipinski definition) is 5. The summed E-state index contributed by atoms with van der Waals surface area (Å²) in [6.45, 7) is 3.35. The molecule has 1 saturated heterocycles. The number of imide groups is 1. The molecule has 8 heteroatoms. The maximum absolute atomic E-state index is 12.0. The Morgan fingerprint density at radius 3 is 2.54 bits per heavy atom. The van der Waals surface area contributed by atoms with Gasteiger partial charge in [0.25, 0.3) is 5.91 Å². The summed E-state index contributed by atoms with van der Waals surface area (Å²) in [5, 5.41) is 4.57. The number of rotatable bonds is 5. The Labute approximate surface area is 141 Å². The predicted molar refractivity (Wildman–Crippen MR) is 84.8 cm³/mol. The summed E-state index contributed by atoms with van der Waals surface area (Å²) in [4.78, 5) is 48.8. The van der Waals surface area contributed by atoms with Crippen LogP contribution in [0, 0.1) is 5.92 Å². The van der Waals surface area contributed by atoms with E-state index in [4.69, 9.17) is 4.74 Å². The van der Waals surface area contributed by atoms with Gasteiger partial charge >= 0.3 is 12.0 Å². The average molecular weight is 339 g/mol. The van der Waals surface area contributed by atoms with Crippen LogP contribution in [0.1, 0.15) is 46.0 Å². The van der Waals surface area contributed by atoms with Gasteiger partial charge in [0.1, 0.15) is 0 Å². The van der Waals surface area contributed by atoms with Gasteiger partial charge in [-0.2, -0.15) is 0 Å². The van der Waals surface area contributed by atoms with Gasteiger partial charge in [-0.1, -0.05) is 12.8 Å². The first-order valence-electron chi connectivity index (χ1n) is 8.43. The Bertz CT molecular complexity index is 514. The number of amides is 4. The molecule has 4 amide bonds. The van der Waals surface area contributed by atoms with E-state index >= 15 is 0 Å². The highest BCUT2D eigenvalue weighted by atomic mass is 16.5. The fraction of sp³-hybridized carbons (Fsp3) is 0.750. The lowest BCUT2D eigenvalue weighted by Crippen LogP contribution is -2.44. The van der Waals surface area contributed by atoms with Gasteiger partial charge in [0.2, 0.25) is 5.91 Å². The minimum Gasteiger partial charge on any atom is -0.455 e. The molecule has 1 atom stereocenters. The number of nitrogens with one attached hydrogen (secondary N) is 2. The molecule has 2 aliphatic rings. The van der Waals surface area contributed by atoms with Crippen LogP contribution in [-0.4, -0.2) is 54.0 Å². The molecule has 1 aliphatic heterocycles. The second kappa shape index (κ2) is 8.12. The summed E-state index contributed by atoms with van der Waals surface area (Å²) < 4.78 is 4.94. The molecule has 24 heavy (non-hydrogen) atoms. The van der Waals surface area contributed by atoms with Crippen molar-refractivity contribution in [3.8, 4) is 0 Å². The van der Waals surface area contributed by atoms with E-state index in [0.29, 0.717) is 6.54 Å². The van der Waals surface area contributed by atoms with Gasteiger partial charge in [-0.3, -0.25) is 19.7 Å². The number of likely N-dealkylation sites (tertiary alicyclic amines) is 1. The lowest BCUT2D eigenvalue weighted by molar-refractivity contribution is -0.152. The Balaban J connectivity index is 1.73. The van der Waals surface area contributed by atoms with Crippen molar-refractivity contribution in [1.29, 1.82) is 0 Å². The summed E-state index contributed by atoms with van der Waals surface area (Å²) in [5.41, 5.74) is 0. The quantitative estimate of drug-likeness (QED) is 0.712. The van der Waals surface area contributed by atoms with E-state index in [1.54, 1.807) is 18.7 Å². The standard InChI is InChI=1S/C16H25N3O5/c1-10(2)17-16(23)18-13(20)9-24-15(22)11-7-14(21)19(8-11)12-5-3-4-6-12/h10-12H,3-9H2,1-2H3,(H2,17,18,20,23)/t11-/m1/s1. The third-order valence-corrected chi connectivity index (χ3v) is 4.28. The summed E-state index contributed by atoms with van der Waals surface area (Å²) in [7, 11) is 0. The van der Waals surface area contributed by atoms with Crippen molar-refractivity contribution in [3.05, 3.63) is 0 Å². The van der Waals surface area contributed by atoms with Crippen molar-refractivity contribution in [2.75, 3.05) is 13.2 Å². The fourth-order valence-corrected chi connectivity index (χ4v) is 3.17. The van der Waals surface area contributed by atoms with E-state index in [1.165, 1.54) is 0 Å². The van der Waals surface area contributed by atoms with Gasteiger partial charge in [-0.15, -0.1) is 0 Å². The van der Waals surface area contributed by atoms with Crippen LogP contribution in [0.3, 0.4) is 0 Å². The van der Waals surface area contributed by atoms with Crippen molar-refractivity contribution >= 4 is 23.8 Å². The molecule has 0 unspecified atom stereocenters. The maximum atomic E-state index is 12.0. The minimum atomic E-state index is -0.696. The van der Waals surface area contributed by atoms with E-state index in [1.807, 2.05) is 0 Å². The third-order valence-electron chi connectivity index (χ3n) is 4.28. The first-order chi connectivity index (χ1) is 11.4. The number of carbonyl (C=O) groups is 4. The third kappa shape index (κ3) is 4.94. The Morgan fingerprint density at radius 2 is 1.92 bits per heavy atom. The molecule has 2 N–H and O–H groups in total. The summed E-state index contributed by atoms with van der Waals surface area (Å²) in [6.07, 6.45) is 4.33. The molecule has 2 fully saturated rings. The van der Waals surface area contributed by atoms with Crippen molar-refractivity contribution in [2.45, 2.75) is 58.0 Å². The smallest absolute Gasteiger partial charge is 0.321 e. The van der Waals surface area contributed by atoms with Gasteiger partial charge in [0.05, 0.1) is 5.92 Å². The SMILES string of the molecule is CC(C)NC(=O)NC(=O)COC(=O)[C@@H]1CC(=O)N(C2CCCC2)C1. The molecular formula is C16H25N3O5. The molecule has 1 saturated carbocycles. The predicted octanol–water partition coefficient (Wildman–Crippen LogP) is 0.555. The number of ether oxygens (including phenoxy) is 1. The molecule has 0 aromatic heterocycles. The fourth-order valence-electron chi connectivity index (χ4n) is 3.17. The van der Waals surface area contributed by atoms with E-state index in [2.05, 4.69) is 10.6 Å². The number of urea groups is 1. The summed E-state index contributed by atoms with van der Waals surface area (Å²) >= 11 is 0. The zero-order valence-corrected chi connectivity index (χ0v) is 14.2. The number of esters is 1. The molecule has 1 aliphatic carbocycles. The highest BCUT2D eigenvalue weighted by Crippen LogP contribution is 2.29. The van der Waals surface area contributed by atoms with Crippen LogP contribution in [0.2, 0.25) is 0 Å². The second-order valence-electron chi connectivity index (χ2n) is 6.67. The highest BCUT2D eigenvalue weighted by Gasteiger charge is 2.39. The largest absolute Gasteiger partial charge is 0.455 e. The first-order valence-corrected chi connectivity index (χ1v) is 8.43. The van der Waals surface area contributed by atoms with Crippen LogP contribution in [0.5, 0.6) is 0 Å². The van der Waals surface area contributed by atoms with Gasteiger partial charge in [0, 0.05) is 25.0 Å². The molecule has 8 nitrogen and oxygen atoms in total. The van der Waals surface area contributed by atoms with Crippen LogP contribution in [0.15, 0.2) is 0 Å². The highest BCUT2D eigenvalue weighted by molar-refractivity contribution is 5.96. The molecule has 0 spiro atoms. The average Bonchev–Trinajstić information content (AvgIpc) is 3.12. The van der Waals surface area contributed by atoms with Crippen molar-refractivity contribution in [1.82, 2.24) is 15.5 Å². The molecule has 0 radical (unpaired) electrons. The van der Waals surface area contributed by atoms with Gasteiger partial charge in [-0.05, 0) is 26.7 Å². The molecule has 134 valence electrons. The first kappa shape index (κ1) is 18.2. The van der Waals surface area contributed by atoms with Crippen LogP contribution < -0.4 is 10.6 Å². The second-order valence-corrected chi connectivity index (χ2v) is 6.67. The normalized spacial score (nSPS) is 21.2. The van der Waals surface area contributed by atoms with E-state index in [0.717, 1.165) is 25.7 Å². The lowest BCUT2D eigenvalue weighted by Gasteiger charge is -2.23. The molecular weight excluding hydrogens is 314 g/mol. The topological polar surface area (TPSA) is 105 Å². The lowest BCUT2D eigenvalue weighted by atomic mass is 10.1.